The van der Waals surface area contributed by atoms with Crippen molar-refractivity contribution in [2.75, 3.05) is 0 Å². The average molecular weight is 232 g/mol. The van der Waals surface area contributed by atoms with Gasteiger partial charge in [-0.2, -0.15) is 0 Å². The second kappa shape index (κ2) is 3.61. The standard InChI is InChI=1S/C17H12O/c1-2-6-12(7-3-1)16-11-14-10-13-8-4-5-9-15(13)17(14)18-16/h1-9,11H,10H2. The summed E-state index contributed by atoms with van der Waals surface area (Å²) in [5.74, 6) is 2.01. The predicted octanol–water partition coefficient (Wildman–Crippen LogP) is 4.52. The minimum atomic E-state index is 0.968. The zero-order chi connectivity index (χ0) is 11.9. The van der Waals surface area contributed by atoms with Gasteiger partial charge in [0.15, 0.2) is 0 Å². The molecule has 86 valence electrons. The highest BCUT2D eigenvalue weighted by atomic mass is 16.3. The van der Waals surface area contributed by atoms with Gasteiger partial charge in [0.05, 0.1) is 0 Å². The van der Waals surface area contributed by atoms with E-state index in [9.17, 15) is 0 Å². The van der Waals surface area contributed by atoms with Crippen LogP contribution >= 0.6 is 0 Å². The fraction of sp³-hybridized carbons (Fsp3) is 0.0588. The molecule has 2 aromatic carbocycles. The third-order valence-electron chi connectivity index (χ3n) is 3.51. The van der Waals surface area contributed by atoms with Crippen LogP contribution in [0.4, 0.5) is 0 Å². The maximum absolute atomic E-state index is 6.04. The van der Waals surface area contributed by atoms with Crippen molar-refractivity contribution in [3.63, 3.8) is 0 Å². The average Bonchev–Trinajstić information content (AvgIpc) is 2.97. The molecule has 1 heterocycles. The SMILES string of the molecule is c1ccc(-c2cc3c(o2)-c2ccccc2C3)cc1. The topological polar surface area (TPSA) is 13.1 Å². The van der Waals surface area contributed by atoms with Crippen molar-refractivity contribution >= 4 is 0 Å². The van der Waals surface area contributed by atoms with E-state index in [2.05, 4.69) is 42.5 Å². The Morgan fingerprint density at radius 3 is 2.44 bits per heavy atom. The van der Waals surface area contributed by atoms with Gasteiger partial charge < -0.3 is 4.42 Å². The van der Waals surface area contributed by atoms with E-state index in [1.54, 1.807) is 0 Å². The lowest BCUT2D eigenvalue weighted by Gasteiger charge is -1.99. The van der Waals surface area contributed by atoms with Crippen molar-refractivity contribution in [2.24, 2.45) is 0 Å². The summed E-state index contributed by atoms with van der Waals surface area (Å²) in [5.41, 5.74) is 5.06. The Hall–Kier alpha value is -2.28. The molecule has 0 radical (unpaired) electrons. The number of fused-ring (bicyclic) bond motifs is 3. The predicted molar refractivity (Wildman–Crippen MR) is 72.4 cm³/mol. The van der Waals surface area contributed by atoms with Gasteiger partial charge in [0.1, 0.15) is 11.5 Å². The summed E-state index contributed by atoms with van der Waals surface area (Å²) in [6.45, 7) is 0. The largest absolute Gasteiger partial charge is 0.456 e. The first-order valence-electron chi connectivity index (χ1n) is 6.18. The molecule has 1 aromatic heterocycles. The van der Waals surface area contributed by atoms with E-state index in [4.69, 9.17) is 4.42 Å². The van der Waals surface area contributed by atoms with Gasteiger partial charge >= 0.3 is 0 Å². The fourth-order valence-corrected chi connectivity index (χ4v) is 2.63. The molecule has 18 heavy (non-hydrogen) atoms. The summed E-state index contributed by atoms with van der Waals surface area (Å²) in [6.07, 6.45) is 0.988. The lowest BCUT2D eigenvalue weighted by Crippen LogP contribution is -1.79. The molecule has 0 fully saturated rings. The third kappa shape index (κ3) is 1.34. The Balaban J connectivity index is 1.86. The Morgan fingerprint density at radius 2 is 1.56 bits per heavy atom. The number of rotatable bonds is 1. The second-order valence-corrected chi connectivity index (χ2v) is 4.66. The molecule has 0 spiro atoms. The molecule has 4 rings (SSSR count). The molecule has 1 heteroatoms. The third-order valence-corrected chi connectivity index (χ3v) is 3.51. The van der Waals surface area contributed by atoms with Crippen LogP contribution in [0.15, 0.2) is 65.1 Å². The molecule has 0 bridgehead atoms. The summed E-state index contributed by atoms with van der Waals surface area (Å²) >= 11 is 0. The van der Waals surface area contributed by atoms with Crippen LogP contribution in [0, 0.1) is 0 Å². The Labute approximate surface area is 106 Å². The first kappa shape index (κ1) is 9.72. The molecule has 0 unspecified atom stereocenters. The van der Waals surface area contributed by atoms with Crippen molar-refractivity contribution in [1.29, 1.82) is 0 Å². The first-order valence-corrected chi connectivity index (χ1v) is 6.18. The molecular weight excluding hydrogens is 220 g/mol. The molecule has 0 amide bonds. The van der Waals surface area contributed by atoms with E-state index >= 15 is 0 Å². The summed E-state index contributed by atoms with van der Waals surface area (Å²) in [6, 6.07) is 20.9. The molecule has 1 nitrogen and oxygen atoms in total. The van der Waals surface area contributed by atoms with Crippen molar-refractivity contribution in [2.45, 2.75) is 6.42 Å². The lowest BCUT2D eigenvalue weighted by atomic mass is 10.1. The van der Waals surface area contributed by atoms with E-state index in [0.29, 0.717) is 0 Å². The molecule has 3 aromatic rings. The van der Waals surface area contributed by atoms with E-state index in [1.807, 2.05) is 18.2 Å². The van der Waals surface area contributed by atoms with Gasteiger partial charge in [0, 0.05) is 23.1 Å². The van der Waals surface area contributed by atoms with Crippen LogP contribution in [0.25, 0.3) is 22.6 Å². The summed E-state index contributed by atoms with van der Waals surface area (Å²) in [7, 11) is 0. The Morgan fingerprint density at radius 1 is 0.778 bits per heavy atom. The van der Waals surface area contributed by atoms with E-state index < -0.39 is 0 Å². The quantitative estimate of drug-likeness (QED) is 0.470. The molecule has 1 aliphatic carbocycles. The zero-order valence-electron chi connectivity index (χ0n) is 9.89. The van der Waals surface area contributed by atoms with Crippen LogP contribution in [-0.4, -0.2) is 0 Å². The van der Waals surface area contributed by atoms with Gasteiger partial charge in [-0.05, 0) is 11.6 Å². The Kier molecular flexibility index (Phi) is 1.95. The highest BCUT2D eigenvalue weighted by Gasteiger charge is 2.23. The van der Waals surface area contributed by atoms with Gasteiger partial charge in [0.2, 0.25) is 0 Å². The molecule has 0 saturated heterocycles. The molecule has 0 N–H and O–H groups in total. The summed E-state index contributed by atoms with van der Waals surface area (Å²) in [5, 5.41) is 0. The maximum Gasteiger partial charge on any atom is 0.138 e. The van der Waals surface area contributed by atoms with E-state index in [1.165, 1.54) is 16.7 Å². The molecule has 1 aliphatic rings. The zero-order valence-corrected chi connectivity index (χ0v) is 9.89. The van der Waals surface area contributed by atoms with Crippen LogP contribution in [0.2, 0.25) is 0 Å². The van der Waals surface area contributed by atoms with E-state index in [-0.39, 0.29) is 0 Å². The monoisotopic (exact) mass is 232 g/mol. The van der Waals surface area contributed by atoms with Crippen LogP contribution in [0.3, 0.4) is 0 Å². The number of hydrogen-bond donors (Lipinski definition) is 0. The van der Waals surface area contributed by atoms with Crippen molar-refractivity contribution in [1.82, 2.24) is 0 Å². The van der Waals surface area contributed by atoms with Crippen LogP contribution in [-0.2, 0) is 6.42 Å². The second-order valence-electron chi connectivity index (χ2n) is 4.66. The molecule has 0 atom stereocenters. The highest BCUT2D eigenvalue weighted by molar-refractivity contribution is 5.75. The van der Waals surface area contributed by atoms with Gasteiger partial charge in [-0.3, -0.25) is 0 Å². The minimum absolute atomic E-state index is 0.968. The lowest BCUT2D eigenvalue weighted by molar-refractivity contribution is 0.597. The van der Waals surface area contributed by atoms with Crippen LogP contribution < -0.4 is 0 Å². The van der Waals surface area contributed by atoms with Crippen LogP contribution in [0.5, 0.6) is 0 Å². The smallest absolute Gasteiger partial charge is 0.138 e. The number of furan rings is 1. The Bertz CT molecular complexity index is 707. The molecule has 0 saturated carbocycles. The number of hydrogen-bond acceptors (Lipinski definition) is 1. The highest BCUT2D eigenvalue weighted by Crippen LogP contribution is 2.40. The maximum atomic E-state index is 6.04. The number of benzene rings is 2. The summed E-state index contributed by atoms with van der Waals surface area (Å²) in [4.78, 5) is 0. The summed E-state index contributed by atoms with van der Waals surface area (Å²) < 4.78 is 6.04. The minimum Gasteiger partial charge on any atom is -0.456 e. The molecule has 0 aliphatic heterocycles. The van der Waals surface area contributed by atoms with Crippen molar-refractivity contribution < 1.29 is 4.42 Å². The van der Waals surface area contributed by atoms with Gasteiger partial charge in [0.25, 0.3) is 0 Å². The van der Waals surface area contributed by atoms with Crippen LogP contribution in [0.1, 0.15) is 11.1 Å². The van der Waals surface area contributed by atoms with E-state index in [0.717, 1.165) is 23.5 Å². The van der Waals surface area contributed by atoms with Crippen molar-refractivity contribution in [3.05, 3.63) is 71.8 Å². The van der Waals surface area contributed by atoms with Crippen molar-refractivity contribution in [3.8, 4) is 22.6 Å². The van der Waals surface area contributed by atoms with Gasteiger partial charge in [-0.25, -0.2) is 0 Å². The van der Waals surface area contributed by atoms with Gasteiger partial charge in [-0.1, -0.05) is 54.6 Å². The normalized spacial score (nSPS) is 12.2. The first-order chi connectivity index (χ1) is 8.92. The van der Waals surface area contributed by atoms with Gasteiger partial charge in [-0.15, -0.1) is 0 Å². The fourth-order valence-electron chi connectivity index (χ4n) is 2.63. The molecular formula is C17H12O.